The van der Waals surface area contributed by atoms with E-state index in [2.05, 4.69) is 5.32 Å². The van der Waals surface area contributed by atoms with Crippen molar-refractivity contribution < 1.29 is 14.3 Å². The summed E-state index contributed by atoms with van der Waals surface area (Å²) in [6, 6.07) is 5.32. The van der Waals surface area contributed by atoms with Crippen LogP contribution in [-0.2, 0) is 0 Å². The van der Waals surface area contributed by atoms with E-state index in [1.807, 2.05) is 20.9 Å². The van der Waals surface area contributed by atoms with Gasteiger partial charge in [0.2, 0.25) is 6.79 Å². The van der Waals surface area contributed by atoms with Crippen LogP contribution in [0.3, 0.4) is 0 Å². The number of Topliss-reactive ketones (excluding diaryl/α,β-unsaturated/α-hetero) is 1. The molecule has 92 valence electrons. The minimum absolute atomic E-state index is 0.102. The van der Waals surface area contributed by atoms with Crippen molar-refractivity contribution in [3.05, 3.63) is 23.8 Å². The highest BCUT2D eigenvalue weighted by molar-refractivity contribution is 6.00. The monoisotopic (exact) mass is 235 g/mol. The SMILES string of the molecule is CNCC(C)(C)C(=O)c1ccc2c(c1)OCO2. The lowest BCUT2D eigenvalue weighted by Crippen LogP contribution is -2.34. The van der Waals surface area contributed by atoms with Crippen molar-refractivity contribution in [2.75, 3.05) is 20.4 Å². The van der Waals surface area contributed by atoms with E-state index in [0.717, 1.165) is 0 Å². The zero-order chi connectivity index (χ0) is 12.5. The molecule has 0 amide bonds. The lowest BCUT2D eigenvalue weighted by Gasteiger charge is -2.22. The lowest BCUT2D eigenvalue weighted by atomic mass is 9.84. The first-order valence-electron chi connectivity index (χ1n) is 5.63. The molecule has 0 atom stereocenters. The van der Waals surface area contributed by atoms with Gasteiger partial charge in [0.05, 0.1) is 0 Å². The number of rotatable bonds is 4. The van der Waals surface area contributed by atoms with Crippen molar-refractivity contribution in [3.63, 3.8) is 0 Å². The summed E-state index contributed by atoms with van der Waals surface area (Å²) in [6.45, 7) is 4.72. The molecule has 0 spiro atoms. The highest BCUT2D eigenvalue weighted by Gasteiger charge is 2.29. The molecule has 1 heterocycles. The molecular weight excluding hydrogens is 218 g/mol. The molecule has 4 heteroatoms. The Morgan fingerprint density at radius 2 is 2.06 bits per heavy atom. The number of ketones is 1. The third kappa shape index (κ3) is 2.26. The normalized spacial score (nSPS) is 13.8. The summed E-state index contributed by atoms with van der Waals surface area (Å²) in [6.07, 6.45) is 0. The first-order valence-corrected chi connectivity index (χ1v) is 5.63. The maximum Gasteiger partial charge on any atom is 0.231 e. The molecule has 0 saturated heterocycles. The van der Waals surface area contributed by atoms with Crippen molar-refractivity contribution >= 4 is 5.78 Å². The van der Waals surface area contributed by atoms with Gasteiger partial charge in [-0.2, -0.15) is 0 Å². The highest BCUT2D eigenvalue weighted by Crippen LogP contribution is 2.34. The molecule has 17 heavy (non-hydrogen) atoms. The Labute approximate surface area is 101 Å². The van der Waals surface area contributed by atoms with Crippen molar-refractivity contribution in [2.24, 2.45) is 5.41 Å². The van der Waals surface area contributed by atoms with Gasteiger partial charge in [-0.25, -0.2) is 0 Å². The number of benzene rings is 1. The summed E-state index contributed by atoms with van der Waals surface area (Å²) >= 11 is 0. The van der Waals surface area contributed by atoms with Crippen LogP contribution in [0.1, 0.15) is 24.2 Å². The highest BCUT2D eigenvalue weighted by atomic mass is 16.7. The van der Waals surface area contributed by atoms with E-state index >= 15 is 0 Å². The molecule has 0 fully saturated rings. The molecule has 2 rings (SSSR count). The minimum Gasteiger partial charge on any atom is -0.454 e. The van der Waals surface area contributed by atoms with E-state index in [1.54, 1.807) is 18.2 Å². The summed E-state index contributed by atoms with van der Waals surface area (Å²) in [5.74, 6) is 1.45. The maximum atomic E-state index is 12.3. The van der Waals surface area contributed by atoms with Gasteiger partial charge in [0.1, 0.15) is 0 Å². The molecule has 1 aromatic rings. The van der Waals surface area contributed by atoms with E-state index in [4.69, 9.17) is 9.47 Å². The Bertz CT molecular complexity index is 440. The summed E-state index contributed by atoms with van der Waals surface area (Å²) in [5.41, 5.74) is 0.233. The summed E-state index contributed by atoms with van der Waals surface area (Å²) in [7, 11) is 1.84. The Balaban J connectivity index is 2.26. The molecule has 0 unspecified atom stereocenters. The third-order valence-corrected chi connectivity index (χ3v) is 2.87. The number of carbonyl (C=O) groups excluding carboxylic acids is 1. The number of ether oxygens (including phenoxy) is 2. The third-order valence-electron chi connectivity index (χ3n) is 2.87. The van der Waals surface area contributed by atoms with Crippen LogP contribution in [0.25, 0.3) is 0 Å². The fraction of sp³-hybridized carbons (Fsp3) is 0.462. The molecule has 1 aliphatic rings. The molecule has 1 N–H and O–H groups in total. The van der Waals surface area contributed by atoms with Gasteiger partial charge >= 0.3 is 0 Å². The standard InChI is InChI=1S/C13H17NO3/c1-13(2,7-14-3)12(15)9-4-5-10-11(6-9)17-8-16-10/h4-6,14H,7-8H2,1-3H3. The van der Waals surface area contributed by atoms with Crippen molar-refractivity contribution in [1.82, 2.24) is 5.32 Å². The predicted octanol–water partition coefficient (Wildman–Crippen LogP) is 1.84. The first-order chi connectivity index (χ1) is 8.04. The van der Waals surface area contributed by atoms with Gasteiger partial charge in [-0.05, 0) is 25.2 Å². The molecule has 0 aliphatic carbocycles. The summed E-state index contributed by atoms with van der Waals surface area (Å²) < 4.78 is 10.5. The number of hydrogen-bond acceptors (Lipinski definition) is 4. The lowest BCUT2D eigenvalue weighted by molar-refractivity contribution is 0.0839. The second-order valence-corrected chi connectivity index (χ2v) is 4.81. The molecule has 4 nitrogen and oxygen atoms in total. The first kappa shape index (κ1) is 11.9. The van der Waals surface area contributed by atoms with Crippen LogP contribution in [0.5, 0.6) is 11.5 Å². The van der Waals surface area contributed by atoms with Gasteiger partial charge in [-0.3, -0.25) is 4.79 Å². The van der Waals surface area contributed by atoms with E-state index in [0.29, 0.717) is 23.6 Å². The largest absolute Gasteiger partial charge is 0.454 e. The Morgan fingerprint density at radius 3 is 2.76 bits per heavy atom. The summed E-state index contributed by atoms with van der Waals surface area (Å²) in [5, 5.41) is 3.03. The van der Waals surface area contributed by atoms with Gasteiger partial charge in [0.25, 0.3) is 0 Å². The molecule has 0 saturated carbocycles. The average Bonchev–Trinajstić information content (AvgIpc) is 2.74. The number of carbonyl (C=O) groups is 1. The van der Waals surface area contributed by atoms with Crippen LogP contribution in [0.15, 0.2) is 18.2 Å². The second kappa shape index (κ2) is 4.37. The average molecular weight is 235 g/mol. The molecule has 0 radical (unpaired) electrons. The summed E-state index contributed by atoms with van der Waals surface area (Å²) in [4.78, 5) is 12.3. The fourth-order valence-corrected chi connectivity index (χ4v) is 1.95. The number of hydrogen-bond donors (Lipinski definition) is 1. The van der Waals surface area contributed by atoms with Gasteiger partial charge in [0, 0.05) is 17.5 Å². The zero-order valence-electron chi connectivity index (χ0n) is 10.4. The van der Waals surface area contributed by atoms with Crippen LogP contribution in [0.4, 0.5) is 0 Å². The van der Waals surface area contributed by atoms with Crippen LogP contribution < -0.4 is 14.8 Å². The van der Waals surface area contributed by atoms with Crippen molar-refractivity contribution in [3.8, 4) is 11.5 Å². The minimum atomic E-state index is -0.428. The van der Waals surface area contributed by atoms with Crippen LogP contribution in [-0.4, -0.2) is 26.2 Å². The van der Waals surface area contributed by atoms with Crippen LogP contribution in [0.2, 0.25) is 0 Å². The zero-order valence-corrected chi connectivity index (χ0v) is 10.4. The molecular formula is C13H17NO3. The molecule has 0 bridgehead atoms. The van der Waals surface area contributed by atoms with E-state index in [-0.39, 0.29) is 12.6 Å². The predicted molar refractivity (Wildman–Crippen MR) is 64.6 cm³/mol. The second-order valence-electron chi connectivity index (χ2n) is 4.81. The van der Waals surface area contributed by atoms with E-state index < -0.39 is 5.41 Å². The van der Waals surface area contributed by atoms with E-state index in [1.165, 1.54) is 0 Å². The van der Waals surface area contributed by atoms with Crippen LogP contribution >= 0.6 is 0 Å². The van der Waals surface area contributed by atoms with Gasteiger partial charge in [-0.15, -0.1) is 0 Å². The molecule has 0 aromatic heterocycles. The molecule has 1 aromatic carbocycles. The molecule has 1 aliphatic heterocycles. The van der Waals surface area contributed by atoms with Crippen LogP contribution in [0, 0.1) is 5.41 Å². The Kier molecular flexibility index (Phi) is 3.07. The number of fused-ring (bicyclic) bond motifs is 1. The van der Waals surface area contributed by atoms with Gasteiger partial charge in [0.15, 0.2) is 17.3 Å². The topological polar surface area (TPSA) is 47.6 Å². The fourth-order valence-electron chi connectivity index (χ4n) is 1.95. The number of nitrogens with one attached hydrogen (secondary N) is 1. The van der Waals surface area contributed by atoms with Gasteiger partial charge in [-0.1, -0.05) is 13.8 Å². The van der Waals surface area contributed by atoms with Crippen molar-refractivity contribution in [1.29, 1.82) is 0 Å². The van der Waals surface area contributed by atoms with E-state index in [9.17, 15) is 4.79 Å². The Hall–Kier alpha value is -1.55. The quantitative estimate of drug-likeness (QED) is 0.809. The maximum absolute atomic E-state index is 12.3. The van der Waals surface area contributed by atoms with Crippen molar-refractivity contribution in [2.45, 2.75) is 13.8 Å². The smallest absolute Gasteiger partial charge is 0.231 e. The van der Waals surface area contributed by atoms with Gasteiger partial charge < -0.3 is 14.8 Å². The Morgan fingerprint density at radius 1 is 1.35 bits per heavy atom.